The summed E-state index contributed by atoms with van der Waals surface area (Å²) in [6.45, 7) is -0.201. The molecule has 7 heteroatoms. The summed E-state index contributed by atoms with van der Waals surface area (Å²) in [7, 11) is 0. The number of nitrogens with one attached hydrogen (secondary N) is 2. The van der Waals surface area contributed by atoms with Gasteiger partial charge in [-0.1, -0.05) is 0 Å². The molecule has 0 aliphatic carbocycles. The van der Waals surface area contributed by atoms with Crippen LogP contribution in [0.1, 0.15) is 21.7 Å². The zero-order chi connectivity index (χ0) is 13.1. The van der Waals surface area contributed by atoms with Crippen LogP contribution in [-0.2, 0) is 6.54 Å². The molecule has 96 valence electrons. The summed E-state index contributed by atoms with van der Waals surface area (Å²) in [5, 5.41) is 19.6. The van der Waals surface area contributed by atoms with Gasteiger partial charge in [-0.3, -0.25) is 0 Å². The highest BCUT2D eigenvalue weighted by Gasteiger charge is 2.26. The van der Waals surface area contributed by atoms with Gasteiger partial charge in [-0.05, 0) is 13.0 Å². The van der Waals surface area contributed by atoms with Crippen LogP contribution in [0.15, 0.2) is 6.07 Å². The van der Waals surface area contributed by atoms with Crippen LogP contribution in [0.2, 0.25) is 0 Å². The first kappa shape index (κ1) is 13.6. The van der Waals surface area contributed by atoms with Crippen molar-refractivity contribution in [2.75, 3.05) is 13.2 Å². The van der Waals surface area contributed by atoms with Crippen LogP contribution in [0.5, 0.6) is 0 Å². The van der Waals surface area contributed by atoms with Gasteiger partial charge in [-0.25, -0.2) is 13.6 Å². The van der Waals surface area contributed by atoms with E-state index in [9.17, 15) is 13.6 Å². The Morgan fingerprint density at radius 3 is 2.71 bits per heavy atom. The van der Waals surface area contributed by atoms with Crippen molar-refractivity contribution in [1.82, 2.24) is 10.3 Å². The topological polar surface area (TPSA) is 85.4 Å². The maximum Gasteiger partial charge on any atom is 0.337 e. The quantitative estimate of drug-likeness (QED) is 0.598. The number of carboxylic acids is 1. The molecule has 0 spiro atoms. The van der Waals surface area contributed by atoms with Crippen LogP contribution in [0.25, 0.3) is 0 Å². The molecule has 0 bridgehead atoms. The number of aromatic carboxylic acids is 1. The number of aliphatic hydroxyl groups is 1. The largest absolute Gasteiger partial charge is 0.478 e. The Hall–Kier alpha value is -1.47. The van der Waals surface area contributed by atoms with E-state index < -0.39 is 25.0 Å². The van der Waals surface area contributed by atoms with Crippen molar-refractivity contribution in [1.29, 1.82) is 0 Å². The molecule has 1 aromatic heterocycles. The van der Waals surface area contributed by atoms with Crippen LogP contribution in [0, 0.1) is 6.92 Å². The number of aryl methyl sites for hydroxylation is 1. The molecule has 17 heavy (non-hydrogen) atoms. The molecule has 0 aliphatic rings. The molecule has 0 amide bonds. The average Bonchev–Trinajstić information content (AvgIpc) is 2.59. The molecule has 5 nitrogen and oxygen atoms in total. The third-order valence-corrected chi connectivity index (χ3v) is 2.23. The molecule has 0 fully saturated rings. The molecular weight excluding hydrogens is 234 g/mol. The Balaban J connectivity index is 2.53. The Bertz CT molecular complexity index is 404. The van der Waals surface area contributed by atoms with E-state index in [0.717, 1.165) is 0 Å². The molecule has 1 aromatic rings. The summed E-state index contributed by atoms with van der Waals surface area (Å²) >= 11 is 0. The molecule has 0 radical (unpaired) electrons. The van der Waals surface area contributed by atoms with E-state index in [0.29, 0.717) is 11.4 Å². The number of alkyl halides is 2. The van der Waals surface area contributed by atoms with E-state index in [1.165, 1.54) is 6.07 Å². The van der Waals surface area contributed by atoms with Gasteiger partial charge in [0.25, 0.3) is 5.92 Å². The highest BCUT2D eigenvalue weighted by atomic mass is 19.3. The smallest absolute Gasteiger partial charge is 0.337 e. The number of rotatable bonds is 6. The zero-order valence-corrected chi connectivity index (χ0v) is 9.26. The second-order valence-electron chi connectivity index (χ2n) is 3.76. The lowest BCUT2D eigenvalue weighted by molar-refractivity contribution is -0.0478. The zero-order valence-electron chi connectivity index (χ0n) is 9.26. The van der Waals surface area contributed by atoms with Crippen LogP contribution >= 0.6 is 0 Å². The molecule has 1 rings (SSSR count). The lowest BCUT2D eigenvalue weighted by atomic mass is 10.2. The molecule has 0 saturated carbocycles. The lowest BCUT2D eigenvalue weighted by Gasteiger charge is -2.13. The summed E-state index contributed by atoms with van der Waals surface area (Å²) < 4.78 is 25.3. The van der Waals surface area contributed by atoms with Crippen molar-refractivity contribution in [3.63, 3.8) is 0 Å². The average molecular weight is 248 g/mol. The van der Waals surface area contributed by atoms with Crippen molar-refractivity contribution in [2.45, 2.75) is 19.4 Å². The second kappa shape index (κ2) is 5.24. The number of aromatic amines is 1. The second-order valence-corrected chi connectivity index (χ2v) is 3.76. The first-order valence-electron chi connectivity index (χ1n) is 4.97. The Morgan fingerprint density at radius 2 is 2.24 bits per heavy atom. The number of aliphatic hydroxyl groups excluding tert-OH is 1. The van der Waals surface area contributed by atoms with E-state index in [4.69, 9.17) is 10.2 Å². The highest BCUT2D eigenvalue weighted by Crippen LogP contribution is 2.12. The summed E-state index contributed by atoms with van der Waals surface area (Å²) in [5.41, 5.74) is 1.10. The van der Waals surface area contributed by atoms with E-state index in [1.807, 2.05) is 0 Å². The number of hydrogen-bond donors (Lipinski definition) is 4. The van der Waals surface area contributed by atoms with Gasteiger partial charge in [0.1, 0.15) is 6.61 Å². The summed E-state index contributed by atoms with van der Waals surface area (Å²) in [5.74, 6) is -4.23. The molecular formula is C10H14F2N2O3. The molecule has 1 heterocycles. The lowest BCUT2D eigenvalue weighted by Crippen LogP contribution is -2.35. The molecule has 0 unspecified atom stereocenters. The van der Waals surface area contributed by atoms with Crippen LogP contribution in [0.3, 0.4) is 0 Å². The minimum Gasteiger partial charge on any atom is -0.478 e. The monoisotopic (exact) mass is 248 g/mol. The fourth-order valence-corrected chi connectivity index (χ4v) is 1.38. The summed E-state index contributed by atoms with van der Waals surface area (Å²) in [6.07, 6.45) is 0. The molecule has 0 aliphatic heterocycles. The van der Waals surface area contributed by atoms with E-state index in [-0.39, 0.29) is 12.1 Å². The maximum absolute atomic E-state index is 12.7. The predicted octanol–water partition coefficient (Wildman–Crippen LogP) is 0.739. The van der Waals surface area contributed by atoms with Crippen molar-refractivity contribution < 1.29 is 23.8 Å². The molecule has 4 N–H and O–H groups in total. The van der Waals surface area contributed by atoms with Crippen LogP contribution in [-0.4, -0.2) is 40.2 Å². The van der Waals surface area contributed by atoms with Gasteiger partial charge >= 0.3 is 5.97 Å². The van der Waals surface area contributed by atoms with Crippen molar-refractivity contribution in [2.24, 2.45) is 0 Å². The van der Waals surface area contributed by atoms with Gasteiger partial charge < -0.3 is 20.5 Å². The molecule has 0 atom stereocenters. The van der Waals surface area contributed by atoms with Gasteiger partial charge in [0.2, 0.25) is 0 Å². The summed E-state index contributed by atoms with van der Waals surface area (Å²) in [4.78, 5) is 13.5. The first-order chi connectivity index (χ1) is 7.85. The number of H-pyrrole nitrogens is 1. The number of carbonyl (C=O) groups is 1. The number of halogens is 2. The third-order valence-electron chi connectivity index (χ3n) is 2.23. The van der Waals surface area contributed by atoms with Gasteiger partial charge in [-0.15, -0.1) is 0 Å². The van der Waals surface area contributed by atoms with Crippen LogP contribution < -0.4 is 5.32 Å². The highest BCUT2D eigenvalue weighted by molar-refractivity contribution is 5.89. The van der Waals surface area contributed by atoms with Crippen molar-refractivity contribution >= 4 is 5.97 Å². The van der Waals surface area contributed by atoms with Crippen molar-refractivity contribution in [3.05, 3.63) is 23.0 Å². The maximum atomic E-state index is 12.7. The molecule has 0 saturated heterocycles. The van der Waals surface area contributed by atoms with E-state index in [1.54, 1.807) is 6.92 Å². The SMILES string of the molecule is Cc1[nH]c(CNCC(F)(F)CO)cc1C(=O)O. The van der Waals surface area contributed by atoms with E-state index in [2.05, 4.69) is 10.3 Å². The minimum absolute atomic E-state index is 0.0870. The standard InChI is InChI=1S/C10H14F2N2O3/c1-6-8(9(16)17)2-7(14-6)3-13-4-10(11,12)5-15/h2,13-15H,3-5H2,1H3,(H,16,17). The Labute approximate surface area is 96.5 Å². The molecule has 0 aromatic carbocycles. The van der Waals surface area contributed by atoms with Gasteiger partial charge in [0, 0.05) is 17.9 Å². The normalized spacial score (nSPS) is 11.8. The van der Waals surface area contributed by atoms with Gasteiger partial charge in [0.15, 0.2) is 0 Å². The van der Waals surface area contributed by atoms with Crippen molar-refractivity contribution in [3.8, 4) is 0 Å². The Morgan fingerprint density at radius 1 is 1.59 bits per heavy atom. The Kier molecular flexibility index (Phi) is 4.19. The summed E-state index contributed by atoms with van der Waals surface area (Å²) in [6, 6.07) is 1.39. The number of carboxylic acid groups (broad SMARTS) is 1. The minimum atomic E-state index is -3.17. The fraction of sp³-hybridized carbons (Fsp3) is 0.500. The third kappa shape index (κ3) is 3.79. The predicted molar refractivity (Wildman–Crippen MR) is 56.2 cm³/mol. The fourth-order valence-electron chi connectivity index (χ4n) is 1.38. The number of aromatic nitrogens is 1. The number of hydrogen-bond acceptors (Lipinski definition) is 3. The van der Waals surface area contributed by atoms with E-state index >= 15 is 0 Å². The van der Waals surface area contributed by atoms with Gasteiger partial charge in [0.05, 0.1) is 12.1 Å². The van der Waals surface area contributed by atoms with Crippen LogP contribution in [0.4, 0.5) is 8.78 Å². The van der Waals surface area contributed by atoms with Gasteiger partial charge in [-0.2, -0.15) is 0 Å². The first-order valence-corrected chi connectivity index (χ1v) is 4.97.